The van der Waals surface area contributed by atoms with Crippen molar-refractivity contribution in [3.63, 3.8) is 0 Å². The quantitative estimate of drug-likeness (QED) is 0.359. The number of nitrogens with one attached hydrogen (secondary N) is 2. The second-order valence-corrected chi connectivity index (χ2v) is 9.73. The second kappa shape index (κ2) is 8.23. The highest BCUT2D eigenvalue weighted by molar-refractivity contribution is 6.00. The Kier molecular flexibility index (Phi) is 5.22. The number of hydrogen-bond acceptors (Lipinski definition) is 3. The van der Waals surface area contributed by atoms with Crippen LogP contribution in [0.4, 0.5) is 13.2 Å². The maximum absolute atomic E-state index is 13.5. The van der Waals surface area contributed by atoms with E-state index in [2.05, 4.69) is 15.2 Å². The number of fused-ring (bicyclic) bond motifs is 5. The largest absolute Gasteiger partial charge is 0.416 e. The summed E-state index contributed by atoms with van der Waals surface area (Å²) in [5, 5.41) is 19.4. The first-order chi connectivity index (χ1) is 17.2. The number of carbonyl (C=O) groups excluding carboxylic acids is 1. The molecule has 9 heteroatoms. The molecule has 1 aliphatic heterocycles. The first kappa shape index (κ1) is 22.8. The third-order valence-corrected chi connectivity index (χ3v) is 7.61. The summed E-state index contributed by atoms with van der Waals surface area (Å²) in [7, 11) is 0. The molecule has 1 amide bonds. The summed E-state index contributed by atoms with van der Waals surface area (Å²) < 4.78 is 40.6. The van der Waals surface area contributed by atoms with Crippen LogP contribution in [0, 0.1) is 0 Å². The molecule has 36 heavy (non-hydrogen) atoms. The average Bonchev–Trinajstić information content (AvgIpc) is 3.44. The number of aromatic nitrogens is 3. The molecular weight excluding hydrogens is 469 g/mol. The van der Waals surface area contributed by atoms with E-state index in [1.54, 1.807) is 11.0 Å². The highest BCUT2D eigenvalue weighted by atomic mass is 19.4. The number of amides is 1. The number of benzene rings is 2. The number of alkyl halides is 3. The fourth-order valence-corrected chi connectivity index (χ4v) is 5.69. The number of aromatic amines is 2. The van der Waals surface area contributed by atoms with Crippen molar-refractivity contribution in [2.75, 3.05) is 13.1 Å². The summed E-state index contributed by atoms with van der Waals surface area (Å²) in [6.07, 6.45) is 0.171. The lowest BCUT2D eigenvalue weighted by atomic mass is 9.81. The Hall–Kier alpha value is -3.59. The average molecular weight is 495 g/mol. The molecular formula is C27H25F3N4O2. The molecule has 0 radical (unpaired) electrons. The van der Waals surface area contributed by atoms with Crippen LogP contribution in [0.1, 0.15) is 51.9 Å². The molecule has 1 fully saturated rings. The Morgan fingerprint density at radius 1 is 1.06 bits per heavy atom. The minimum atomic E-state index is -4.56. The van der Waals surface area contributed by atoms with Gasteiger partial charge in [0.15, 0.2) is 0 Å². The van der Waals surface area contributed by atoms with Crippen LogP contribution in [0.5, 0.6) is 0 Å². The molecule has 1 saturated heterocycles. The number of likely N-dealkylation sites (tertiary alicyclic amines) is 1. The van der Waals surface area contributed by atoms with Crippen LogP contribution in [0.3, 0.4) is 0 Å². The Morgan fingerprint density at radius 2 is 1.83 bits per heavy atom. The normalized spacial score (nSPS) is 17.5. The molecule has 0 unspecified atom stereocenters. The maximum Gasteiger partial charge on any atom is 0.416 e. The van der Waals surface area contributed by atoms with Gasteiger partial charge in [-0.05, 0) is 73.1 Å². The van der Waals surface area contributed by atoms with Gasteiger partial charge in [-0.25, -0.2) is 0 Å². The van der Waals surface area contributed by atoms with Gasteiger partial charge in [-0.15, -0.1) is 0 Å². The van der Waals surface area contributed by atoms with E-state index >= 15 is 0 Å². The first-order valence-corrected chi connectivity index (χ1v) is 12.1. The predicted octanol–water partition coefficient (Wildman–Crippen LogP) is 5.19. The van der Waals surface area contributed by atoms with Crippen molar-refractivity contribution in [1.29, 1.82) is 0 Å². The fourth-order valence-electron chi connectivity index (χ4n) is 5.69. The van der Waals surface area contributed by atoms with Gasteiger partial charge in [-0.1, -0.05) is 18.2 Å². The second-order valence-electron chi connectivity index (χ2n) is 9.73. The summed E-state index contributed by atoms with van der Waals surface area (Å²) in [5.74, 6) is -0.186. The number of H-pyrrole nitrogens is 2. The van der Waals surface area contributed by atoms with Crippen LogP contribution in [-0.4, -0.2) is 44.2 Å². The van der Waals surface area contributed by atoms with Crippen molar-refractivity contribution in [2.45, 2.75) is 43.9 Å². The van der Waals surface area contributed by atoms with Crippen molar-refractivity contribution in [1.82, 2.24) is 20.1 Å². The molecule has 6 nitrogen and oxygen atoms in total. The minimum absolute atomic E-state index is 0.0379. The molecule has 2 aromatic heterocycles. The van der Waals surface area contributed by atoms with Gasteiger partial charge in [0.05, 0.1) is 28.7 Å². The Balaban J connectivity index is 1.25. The van der Waals surface area contributed by atoms with E-state index in [1.807, 2.05) is 18.3 Å². The summed E-state index contributed by atoms with van der Waals surface area (Å²) >= 11 is 0. The molecule has 0 spiro atoms. The number of nitrogens with zero attached hydrogens (tertiary/aromatic N) is 2. The van der Waals surface area contributed by atoms with Gasteiger partial charge in [-0.2, -0.15) is 18.3 Å². The number of aryl methyl sites for hydroxylation is 2. The standard InChI is InChI=1S/C27H25F3N4O2/c28-27(29,30)21-7-2-1-6-20(21)26(36)10-12-34(13-11-26)25(35)16-8-9-22-19(14-16)18-5-3-4-17-15-31-33-23(17)24(18)32-22/h1-2,6-9,14-15,32,36H,3-5,10-13H2,(H,31,33). The summed E-state index contributed by atoms with van der Waals surface area (Å²) in [4.78, 5) is 18.5. The van der Waals surface area contributed by atoms with Gasteiger partial charge in [0.2, 0.25) is 0 Å². The van der Waals surface area contributed by atoms with Crippen molar-refractivity contribution in [3.8, 4) is 11.4 Å². The van der Waals surface area contributed by atoms with Gasteiger partial charge in [0.25, 0.3) is 5.91 Å². The Labute approximate surface area is 205 Å². The number of rotatable bonds is 2. The minimum Gasteiger partial charge on any atom is -0.385 e. The topological polar surface area (TPSA) is 85.0 Å². The van der Waals surface area contributed by atoms with Crippen molar-refractivity contribution in [2.24, 2.45) is 0 Å². The van der Waals surface area contributed by atoms with E-state index in [-0.39, 0.29) is 37.4 Å². The zero-order valence-corrected chi connectivity index (χ0v) is 19.5. The molecule has 1 aliphatic carbocycles. The molecule has 4 aromatic rings. The number of carbonyl (C=O) groups is 1. The SMILES string of the molecule is O=C(c1ccc2[nH]c3c(c2c1)CCCc1cn[nH]c1-3)N1CCC(O)(c2ccccc2C(F)(F)F)CC1. The molecule has 3 heterocycles. The van der Waals surface area contributed by atoms with Crippen molar-refractivity contribution < 1.29 is 23.1 Å². The van der Waals surface area contributed by atoms with Gasteiger partial charge in [-0.3, -0.25) is 9.89 Å². The Bertz CT molecular complexity index is 1460. The van der Waals surface area contributed by atoms with Gasteiger partial charge in [0.1, 0.15) is 0 Å². The van der Waals surface area contributed by atoms with Gasteiger partial charge in [0, 0.05) is 29.6 Å². The molecule has 2 aromatic carbocycles. The van der Waals surface area contributed by atoms with E-state index in [0.29, 0.717) is 5.56 Å². The molecule has 0 saturated carbocycles. The third kappa shape index (κ3) is 3.69. The maximum atomic E-state index is 13.5. The van der Waals surface area contributed by atoms with E-state index in [1.165, 1.54) is 23.8 Å². The number of halogens is 3. The number of aliphatic hydroxyl groups is 1. The summed E-state index contributed by atoms with van der Waals surface area (Å²) in [6, 6.07) is 10.7. The zero-order chi connectivity index (χ0) is 25.1. The lowest BCUT2D eigenvalue weighted by molar-refractivity contribution is -0.141. The van der Waals surface area contributed by atoms with Crippen LogP contribution in [0.25, 0.3) is 22.3 Å². The van der Waals surface area contributed by atoms with E-state index < -0.39 is 17.3 Å². The molecule has 3 N–H and O–H groups in total. The van der Waals surface area contributed by atoms with Crippen LogP contribution in [0.2, 0.25) is 0 Å². The van der Waals surface area contributed by atoms with Crippen LogP contribution >= 0.6 is 0 Å². The monoisotopic (exact) mass is 494 g/mol. The van der Waals surface area contributed by atoms with E-state index in [0.717, 1.165) is 53.2 Å². The molecule has 6 rings (SSSR count). The highest BCUT2D eigenvalue weighted by Crippen LogP contribution is 2.41. The van der Waals surface area contributed by atoms with Gasteiger partial charge >= 0.3 is 6.18 Å². The predicted molar refractivity (Wildman–Crippen MR) is 128 cm³/mol. The molecule has 2 aliphatic rings. The van der Waals surface area contributed by atoms with E-state index in [9.17, 15) is 23.1 Å². The third-order valence-electron chi connectivity index (χ3n) is 7.61. The smallest absolute Gasteiger partial charge is 0.385 e. The van der Waals surface area contributed by atoms with Crippen LogP contribution < -0.4 is 0 Å². The Morgan fingerprint density at radius 3 is 2.61 bits per heavy atom. The van der Waals surface area contributed by atoms with Crippen LogP contribution in [0.15, 0.2) is 48.7 Å². The van der Waals surface area contributed by atoms with Gasteiger partial charge < -0.3 is 15.0 Å². The number of hydrogen-bond donors (Lipinski definition) is 3. The van der Waals surface area contributed by atoms with Crippen molar-refractivity contribution >= 4 is 16.8 Å². The number of piperidine rings is 1. The first-order valence-electron chi connectivity index (χ1n) is 12.1. The molecule has 0 bridgehead atoms. The molecule has 0 atom stereocenters. The molecule has 186 valence electrons. The lowest BCUT2D eigenvalue weighted by Crippen LogP contribution is -2.45. The summed E-state index contributed by atoms with van der Waals surface area (Å²) in [6.45, 7) is 0.338. The fraction of sp³-hybridized carbons (Fsp3) is 0.333. The zero-order valence-electron chi connectivity index (χ0n) is 19.5. The van der Waals surface area contributed by atoms with Crippen molar-refractivity contribution in [3.05, 3.63) is 76.5 Å². The summed E-state index contributed by atoms with van der Waals surface area (Å²) in [5.41, 5.74) is 3.20. The lowest BCUT2D eigenvalue weighted by Gasteiger charge is -2.39. The van der Waals surface area contributed by atoms with Crippen LogP contribution in [-0.2, 0) is 24.6 Å². The van der Waals surface area contributed by atoms with E-state index in [4.69, 9.17) is 0 Å². The highest BCUT2D eigenvalue weighted by Gasteiger charge is 2.42.